The smallest absolute Gasteiger partial charge is 0.212 e. The molecule has 3 rings (SSSR count). The fourth-order valence-electron chi connectivity index (χ4n) is 4.62. The highest BCUT2D eigenvalue weighted by Gasteiger charge is 2.36. The third kappa shape index (κ3) is 5.77. The van der Waals surface area contributed by atoms with Crippen molar-refractivity contribution in [3.05, 3.63) is 35.4 Å². The van der Waals surface area contributed by atoms with Crippen LogP contribution in [0.3, 0.4) is 0 Å². The summed E-state index contributed by atoms with van der Waals surface area (Å²) >= 11 is 0. The van der Waals surface area contributed by atoms with Crippen molar-refractivity contribution in [2.75, 3.05) is 6.54 Å². The second-order valence-corrected chi connectivity index (χ2v) is 9.04. The molecular weight excluding hydrogens is 442 g/mol. The highest BCUT2D eigenvalue weighted by atomic mass is 19.2. The summed E-state index contributed by atoms with van der Waals surface area (Å²) in [5, 5.41) is 0. The minimum atomic E-state index is -1.15. The summed E-state index contributed by atoms with van der Waals surface area (Å²) in [5.41, 5.74) is -0.104. The summed E-state index contributed by atoms with van der Waals surface area (Å²) < 4.78 is 28.4. The zero-order valence-corrected chi connectivity index (χ0v) is 19.6. The first kappa shape index (κ1) is 25.7. The number of carbonyl (C=O) groups excluding carboxylic acids is 4. The van der Waals surface area contributed by atoms with Crippen LogP contribution in [0.1, 0.15) is 70.3 Å². The second kappa shape index (κ2) is 11.5. The molecule has 0 fully saturated rings. The normalized spacial score (nSPS) is 26.9. The van der Waals surface area contributed by atoms with E-state index < -0.39 is 40.8 Å². The van der Waals surface area contributed by atoms with Gasteiger partial charge in [0.05, 0.1) is 11.8 Å². The molecule has 0 N–H and O–H groups in total. The lowest BCUT2D eigenvalue weighted by Crippen LogP contribution is -2.36. The van der Waals surface area contributed by atoms with Gasteiger partial charge in [0, 0.05) is 43.5 Å². The number of aliphatic imine (C=N–C) groups is 2. The van der Waals surface area contributed by atoms with Crippen LogP contribution in [0.15, 0.2) is 28.2 Å². The van der Waals surface area contributed by atoms with E-state index in [2.05, 4.69) is 9.98 Å². The Balaban J connectivity index is 1.99. The van der Waals surface area contributed by atoms with Gasteiger partial charge in [-0.3, -0.25) is 29.2 Å². The van der Waals surface area contributed by atoms with E-state index in [0.29, 0.717) is 12.8 Å². The molecule has 34 heavy (non-hydrogen) atoms. The predicted molar refractivity (Wildman–Crippen MR) is 124 cm³/mol. The van der Waals surface area contributed by atoms with Crippen LogP contribution in [0.4, 0.5) is 8.78 Å². The van der Waals surface area contributed by atoms with Gasteiger partial charge in [0.15, 0.2) is 17.4 Å². The Bertz CT molecular complexity index is 1030. The molecule has 182 valence electrons. The third-order valence-electron chi connectivity index (χ3n) is 6.59. The minimum absolute atomic E-state index is 0.00229. The first-order chi connectivity index (χ1) is 16.3. The molecule has 0 amide bonds. The van der Waals surface area contributed by atoms with E-state index in [4.69, 9.17) is 0 Å². The molecule has 1 aromatic rings. The standard InChI is InChI=1S/C26H30F2N2O4/c1-3-6-15-11-22(32)17(18-7-5-8-20(27)24(18)28)9-10-21(31)25(30-13-15)19-14-29-16(4-2)12-23(33)26(19)34/h5,7-8,14-17,19H,3-4,6,9-13H2,1-2H3. The molecule has 0 radical (unpaired) electrons. The summed E-state index contributed by atoms with van der Waals surface area (Å²) in [4.78, 5) is 60.3. The summed E-state index contributed by atoms with van der Waals surface area (Å²) in [5.74, 6) is -6.54. The van der Waals surface area contributed by atoms with Crippen LogP contribution >= 0.6 is 0 Å². The van der Waals surface area contributed by atoms with Crippen LogP contribution in [0, 0.1) is 23.5 Å². The van der Waals surface area contributed by atoms with Gasteiger partial charge in [0.1, 0.15) is 11.7 Å². The summed E-state index contributed by atoms with van der Waals surface area (Å²) in [6, 6.07) is 3.37. The highest BCUT2D eigenvalue weighted by molar-refractivity contribution is 6.55. The number of rotatable bonds is 5. The van der Waals surface area contributed by atoms with E-state index in [9.17, 15) is 28.0 Å². The first-order valence-corrected chi connectivity index (χ1v) is 11.9. The molecule has 2 aliphatic rings. The number of ketones is 4. The fraction of sp³-hybridized carbons (Fsp3) is 0.538. The van der Waals surface area contributed by atoms with Gasteiger partial charge in [-0.1, -0.05) is 32.4 Å². The minimum Gasteiger partial charge on any atom is -0.299 e. The predicted octanol–water partition coefficient (Wildman–Crippen LogP) is 4.24. The Morgan fingerprint density at radius 3 is 2.50 bits per heavy atom. The van der Waals surface area contributed by atoms with Crippen molar-refractivity contribution in [2.24, 2.45) is 21.8 Å². The van der Waals surface area contributed by atoms with Gasteiger partial charge < -0.3 is 0 Å². The van der Waals surface area contributed by atoms with Gasteiger partial charge in [-0.2, -0.15) is 0 Å². The second-order valence-electron chi connectivity index (χ2n) is 9.04. The average molecular weight is 473 g/mol. The molecule has 0 saturated heterocycles. The Labute approximate surface area is 197 Å². The molecule has 0 bridgehead atoms. The molecule has 0 spiro atoms. The monoisotopic (exact) mass is 472 g/mol. The Morgan fingerprint density at radius 1 is 1.03 bits per heavy atom. The Hall–Kier alpha value is -2.90. The lowest BCUT2D eigenvalue weighted by molar-refractivity contribution is -0.136. The van der Waals surface area contributed by atoms with Crippen molar-refractivity contribution >= 4 is 35.1 Å². The van der Waals surface area contributed by atoms with Gasteiger partial charge in [-0.05, 0) is 31.2 Å². The Kier molecular flexibility index (Phi) is 8.69. The maximum absolute atomic E-state index is 14.6. The van der Waals surface area contributed by atoms with Crippen molar-refractivity contribution < 1.29 is 28.0 Å². The maximum Gasteiger partial charge on any atom is 0.212 e. The number of halogens is 2. The largest absolute Gasteiger partial charge is 0.299 e. The number of benzene rings is 1. The van der Waals surface area contributed by atoms with Crippen LogP contribution in [-0.4, -0.2) is 47.6 Å². The zero-order chi connectivity index (χ0) is 24.8. The van der Waals surface area contributed by atoms with Crippen molar-refractivity contribution in [3.8, 4) is 0 Å². The molecular formula is C26H30F2N2O4. The number of hydrogen-bond donors (Lipinski definition) is 0. The summed E-state index contributed by atoms with van der Waals surface area (Å²) in [6.45, 7) is 3.94. The van der Waals surface area contributed by atoms with Crippen LogP contribution in [0.2, 0.25) is 0 Å². The van der Waals surface area contributed by atoms with E-state index in [1.807, 2.05) is 13.8 Å². The molecule has 4 atom stereocenters. The molecule has 0 saturated carbocycles. The average Bonchev–Trinajstić information content (AvgIpc) is 2.95. The molecule has 0 aliphatic carbocycles. The quantitative estimate of drug-likeness (QED) is 0.600. The van der Waals surface area contributed by atoms with E-state index in [1.165, 1.54) is 18.3 Å². The molecule has 6 nitrogen and oxygen atoms in total. The SMILES string of the molecule is CCCC1CN=C(C2C=NC(CC)CC(=O)C2=O)C(=O)CCC(c2cccc(F)c2F)C(=O)C1. The van der Waals surface area contributed by atoms with Crippen LogP contribution < -0.4 is 0 Å². The summed E-state index contributed by atoms with van der Waals surface area (Å²) in [6.07, 6.45) is 3.21. The van der Waals surface area contributed by atoms with Crippen LogP contribution in [0.25, 0.3) is 0 Å². The van der Waals surface area contributed by atoms with Gasteiger partial charge in [-0.25, -0.2) is 8.78 Å². The number of nitrogens with zero attached hydrogens (tertiary/aromatic N) is 2. The van der Waals surface area contributed by atoms with E-state index in [-0.39, 0.29) is 61.2 Å². The van der Waals surface area contributed by atoms with Crippen molar-refractivity contribution in [1.29, 1.82) is 0 Å². The van der Waals surface area contributed by atoms with Crippen molar-refractivity contribution in [2.45, 2.75) is 70.8 Å². The molecule has 2 heterocycles. The van der Waals surface area contributed by atoms with Gasteiger partial charge in [0.25, 0.3) is 0 Å². The van der Waals surface area contributed by atoms with Gasteiger partial charge >= 0.3 is 0 Å². The van der Waals surface area contributed by atoms with Crippen LogP contribution in [-0.2, 0) is 19.2 Å². The number of carbonyl (C=O) groups is 4. The van der Waals surface area contributed by atoms with Gasteiger partial charge in [-0.15, -0.1) is 0 Å². The van der Waals surface area contributed by atoms with Crippen molar-refractivity contribution in [3.63, 3.8) is 0 Å². The summed E-state index contributed by atoms with van der Waals surface area (Å²) in [7, 11) is 0. The maximum atomic E-state index is 14.6. The lowest BCUT2D eigenvalue weighted by atomic mass is 9.82. The lowest BCUT2D eigenvalue weighted by Gasteiger charge is -2.23. The van der Waals surface area contributed by atoms with E-state index in [0.717, 1.165) is 12.5 Å². The molecule has 4 unspecified atom stereocenters. The molecule has 1 aromatic carbocycles. The molecule has 8 heteroatoms. The fourth-order valence-corrected chi connectivity index (χ4v) is 4.62. The van der Waals surface area contributed by atoms with Gasteiger partial charge in [0.2, 0.25) is 11.6 Å². The van der Waals surface area contributed by atoms with Crippen molar-refractivity contribution in [1.82, 2.24) is 0 Å². The highest BCUT2D eigenvalue weighted by Crippen LogP contribution is 2.31. The van der Waals surface area contributed by atoms with Crippen LogP contribution in [0.5, 0.6) is 0 Å². The third-order valence-corrected chi connectivity index (χ3v) is 6.59. The molecule has 2 aliphatic heterocycles. The Morgan fingerprint density at radius 2 is 1.79 bits per heavy atom. The molecule has 0 aromatic heterocycles. The first-order valence-electron chi connectivity index (χ1n) is 11.9. The zero-order valence-electron chi connectivity index (χ0n) is 19.6. The number of hydrogen-bond acceptors (Lipinski definition) is 6. The van der Waals surface area contributed by atoms with E-state index in [1.54, 1.807) is 0 Å². The number of Topliss-reactive ketones (excluding diaryl/α,β-unsaturated/α-hetero) is 4. The topological polar surface area (TPSA) is 93.0 Å². The van der Waals surface area contributed by atoms with E-state index >= 15 is 0 Å².